The number of alkyl halides is 1. The van der Waals surface area contributed by atoms with Crippen LogP contribution in [-0.2, 0) is 9.53 Å². The molecule has 4 heteroatoms. The first kappa shape index (κ1) is 11.0. The molecule has 1 aliphatic rings. The molecule has 0 aromatic carbocycles. The molecule has 1 rings (SSSR count). The van der Waals surface area contributed by atoms with Crippen LogP contribution in [0.4, 0.5) is 0 Å². The van der Waals surface area contributed by atoms with Crippen LogP contribution in [0.2, 0.25) is 0 Å². The second-order valence-corrected chi connectivity index (χ2v) is 4.58. The minimum absolute atomic E-state index is 0.181. The number of carbonyl (C=O) groups excluding carboxylic acids is 1. The van der Waals surface area contributed by atoms with Crippen LogP contribution in [-0.4, -0.2) is 41.9 Å². The lowest BCUT2D eigenvalue weighted by atomic mass is 10.2. The predicted octanol–water partition coefficient (Wildman–Crippen LogP) is 1.41. The Morgan fingerprint density at radius 3 is 2.92 bits per heavy atom. The minimum atomic E-state index is -0.182. The maximum absolute atomic E-state index is 11.1. The fourth-order valence-electron chi connectivity index (χ4n) is 1.67. The van der Waals surface area contributed by atoms with Gasteiger partial charge in [-0.15, -0.1) is 0 Å². The van der Waals surface area contributed by atoms with Crippen LogP contribution in [0.5, 0.6) is 0 Å². The number of hydrogen-bond acceptors (Lipinski definition) is 3. The highest BCUT2D eigenvalue weighted by Crippen LogP contribution is 2.18. The molecule has 0 amide bonds. The van der Waals surface area contributed by atoms with Crippen molar-refractivity contribution in [3.63, 3.8) is 0 Å². The molecule has 0 bridgehead atoms. The van der Waals surface area contributed by atoms with Crippen molar-refractivity contribution in [1.82, 2.24) is 4.90 Å². The third-order valence-electron chi connectivity index (χ3n) is 2.54. The first-order chi connectivity index (χ1) is 6.15. The van der Waals surface area contributed by atoms with Crippen molar-refractivity contribution < 1.29 is 9.53 Å². The van der Waals surface area contributed by atoms with E-state index in [1.165, 1.54) is 20.0 Å². The Bertz CT molecular complexity index is 186. The van der Waals surface area contributed by atoms with Crippen LogP contribution in [0.1, 0.15) is 19.8 Å². The average molecular weight is 250 g/mol. The molecule has 0 aliphatic carbocycles. The zero-order valence-corrected chi connectivity index (χ0v) is 9.71. The second-order valence-electron chi connectivity index (χ2n) is 3.48. The fourth-order valence-corrected chi connectivity index (χ4v) is 2.23. The van der Waals surface area contributed by atoms with E-state index in [9.17, 15) is 4.79 Å². The third kappa shape index (κ3) is 2.95. The Hall–Kier alpha value is -0.0900. The Labute approximate surface area is 87.6 Å². The van der Waals surface area contributed by atoms with Gasteiger partial charge in [-0.1, -0.05) is 15.9 Å². The Balaban J connectivity index is 2.34. The lowest BCUT2D eigenvalue weighted by molar-refractivity contribution is -0.140. The molecule has 0 saturated carbocycles. The van der Waals surface area contributed by atoms with Crippen LogP contribution in [0.3, 0.4) is 0 Å². The molecule has 13 heavy (non-hydrogen) atoms. The summed E-state index contributed by atoms with van der Waals surface area (Å²) in [6.45, 7) is 4.05. The summed E-state index contributed by atoms with van der Waals surface area (Å²) in [6, 6.07) is 0.602. The van der Waals surface area contributed by atoms with Crippen molar-refractivity contribution in [2.45, 2.75) is 30.6 Å². The number of rotatable bonds is 3. The topological polar surface area (TPSA) is 29.5 Å². The molecular weight excluding hydrogens is 234 g/mol. The van der Waals surface area contributed by atoms with Gasteiger partial charge in [0, 0.05) is 12.6 Å². The average Bonchev–Trinajstić information content (AvgIpc) is 2.50. The van der Waals surface area contributed by atoms with Crippen molar-refractivity contribution >= 4 is 21.9 Å². The number of hydrogen-bond donors (Lipinski definition) is 0. The van der Waals surface area contributed by atoms with E-state index >= 15 is 0 Å². The summed E-state index contributed by atoms with van der Waals surface area (Å²) in [4.78, 5) is 13.2. The summed E-state index contributed by atoms with van der Waals surface area (Å²) in [5.74, 6) is -0.181. The van der Waals surface area contributed by atoms with E-state index in [-0.39, 0.29) is 10.8 Å². The quantitative estimate of drug-likeness (QED) is 0.560. The largest absolute Gasteiger partial charge is 0.468 e. The minimum Gasteiger partial charge on any atom is -0.468 e. The molecule has 1 aliphatic heterocycles. The van der Waals surface area contributed by atoms with E-state index in [2.05, 4.69) is 32.5 Å². The standard InChI is InChI=1S/C9H16BrNO2/c1-7-4-3-5-11(7)6-8(10)9(12)13-2/h7-8H,3-6H2,1-2H3. The van der Waals surface area contributed by atoms with Gasteiger partial charge >= 0.3 is 5.97 Å². The number of methoxy groups -OCH3 is 1. The van der Waals surface area contributed by atoms with Gasteiger partial charge in [-0.05, 0) is 26.3 Å². The summed E-state index contributed by atoms with van der Waals surface area (Å²) >= 11 is 3.32. The normalized spacial score (nSPS) is 25.9. The van der Waals surface area contributed by atoms with E-state index in [1.807, 2.05) is 0 Å². The molecule has 2 unspecified atom stereocenters. The number of esters is 1. The molecule has 0 radical (unpaired) electrons. The fraction of sp³-hybridized carbons (Fsp3) is 0.889. The zero-order chi connectivity index (χ0) is 9.84. The van der Waals surface area contributed by atoms with Crippen LogP contribution < -0.4 is 0 Å². The van der Waals surface area contributed by atoms with E-state index in [0.29, 0.717) is 6.04 Å². The third-order valence-corrected chi connectivity index (χ3v) is 3.21. The number of nitrogens with zero attached hydrogens (tertiary/aromatic N) is 1. The molecule has 1 fully saturated rings. The van der Waals surface area contributed by atoms with Crippen LogP contribution in [0.25, 0.3) is 0 Å². The van der Waals surface area contributed by atoms with Gasteiger partial charge in [-0.25, -0.2) is 0 Å². The Kier molecular flexibility index (Phi) is 4.19. The van der Waals surface area contributed by atoms with Crippen molar-refractivity contribution in [2.75, 3.05) is 20.2 Å². The molecule has 1 heterocycles. The first-order valence-electron chi connectivity index (χ1n) is 4.61. The van der Waals surface area contributed by atoms with E-state index in [0.717, 1.165) is 13.1 Å². The van der Waals surface area contributed by atoms with Gasteiger partial charge in [-0.3, -0.25) is 9.69 Å². The van der Waals surface area contributed by atoms with Crippen molar-refractivity contribution in [3.8, 4) is 0 Å². The molecule has 0 aromatic heterocycles. The maximum atomic E-state index is 11.1. The lowest BCUT2D eigenvalue weighted by Crippen LogP contribution is -2.36. The molecule has 0 N–H and O–H groups in total. The van der Waals surface area contributed by atoms with E-state index in [4.69, 9.17) is 0 Å². The lowest BCUT2D eigenvalue weighted by Gasteiger charge is -2.22. The summed E-state index contributed by atoms with van der Waals surface area (Å²) < 4.78 is 4.65. The van der Waals surface area contributed by atoms with Crippen LogP contribution >= 0.6 is 15.9 Å². The summed E-state index contributed by atoms with van der Waals surface area (Å²) in [5, 5.41) is 0. The molecular formula is C9H16BrNO2. The number of ether oxygens (including phenoxy) is 1. The smallest absolute Gasteiger partial charge is 0.320 e. The molecule has 0 spiro atoms. The van der Waals surface area contributed by atoms with Gasteiger partial charge in [0.25, 0.3) is 0 Å². The van der Waals surface area contributed by atoms with E-state index in [1.54, 1.807) is 0 Å². The van der Waals surface area contributed by atoms with E-state index < -0.39 is 0 Å². The van der Waals surface area contributed by atoms with Gasteiger partial charge in [0.15, 0.2) is 0 Å². The van der Waals surface area contributed by atoms with Gasteiger partial charge < -0.3 is 4.74 Å². The van der Waals surface area contributed by atoms with Gasteiger partial charge in [-0.2, -0.15) is 0 Å². The number of carbonyl (C=O) groups is 1. The predicted molar refractivity (Wildman–Crippen MR) is 55.0 cm³/mol. The highest BCUT2D eigenvalue weighted by atomic mass is 79.9. The summed E-state index contributed by atoms with van der Waals surface area (Å²) in [7, 11) is 1.42. The van der Waals surface area contributed by atoms with Gasteiger partial charge in [0.1, 0.15) is 4.83 Å². The van der Waals surface area contributed by atoms with Crippen LogP contribution in [0.15, 0.2) is 0 Å². The highest BCUT2D eigenvalue weighted by molar-refractivity contribution is 9.10. The number of halogens is 1. The summed E-state index contributed by atoms with van der Waals surface area (Å²) in [6.07, 6.45) is 2.48. The van der Waals surface area contributed by atoms with Gasteiger partial charge in [0.2, 0.25) is 0 Å². The first-order valence-corrected chi connectivity index (χ1v) is 5.52. The zero-order valence-electron chi connectivity index (χ0n) is 8.12. The monoisotopic (exact) mass is 249 g/mol. The molecule has 0 aromatic rings. The Morgan fingerprint density at radius 2 is 2.46 bits per heavy atom. The number of likely N-dealkylation sites (tertiary alicyclic amines) is 1. The van der Waals surface area contributed by atoms with Gasteiger partial charge in [0.05, 0.1) is 7.11 Å². The highest BCUT2D eigenvalue weighted by Gasteiger charge is 2.25. The molecule has 3 nitrogen and oxygen atoms in total. The molecule has 2 atom stereocenters. The SMILES string of the molecule is COC(=O)C(Br)CN1CCCC1C. The van der Waals surface area contributed by atoms with Crippen molar-refractivity contribution in [2.24, 2.45) is 0 Å². The van der Waals surface area contributed by atoms with Crippen molar-refractivity contribution in [3.05, 3.63) is 0 Å². The molecule has 1 saturated heterocycles. The molecule has 76 valence electrons. The maximum Gasteiger partial charge on any atom is 0.320 e. The second kappa shape index (κ2) is 4.96. The Morgan fingerprint density at radius 1 is 1.77 bits per heavy atom. The summed E-state index contributed by atoms with van der Waals surface area (Å²) in [5.41, 5.74) is 0. The van der Waals surface area contributed by atoms with Crippen LogP contribution in [0, 0.1) is 0 Å². The van der Waals surface area contributed by atoms with Crippen molar-refractivity contribution in [1.29, 1.82) is 0 Å².